The average Bonchev–Trinajstić information content (AvgIpc) is 2.55. The number of carbonyl (C=O) groups excluding carboxylic acids is 1. The Bertz CT molecular complexity index is 546. The molecule has 1 unspecified atom stereocenters. The van der Waals surface area contributed by atoms with Gasteiger partial charge in [0.2, 0.25) is 0 Å². The highest BCUT2D eigenvalue weighted by Crippen LogP contribution is 2.28. The van der Waals surface area contributed by atoms with Crippen LogP contribution in [0.4, 0.5) is 4.39 Å². The molecule has 1 aromatic rings. The van der Waals surface area contributed by atoms with E-state index in [1.807, 2.05) is 17.0 Å². The molecule has 0 radical (unpaired) electrons. The van der Waals surface area contributed by atoms with Crippen LogP contribution in [0, 0.1) is 11.7 Å². The van der Waals surface area contributed by atoms with Crippen LogP contribution in [-0.4, -0.2) is 37.0 Å². The highest BCUT2D eigenvalue weighted by molar-refractivity contribution is 5.94. The molecule has 2 fully saturated rings. The summed E-state index contributed by atoms with van der Waals surface area (Å²) in [6.45, 7) is 5.63. The van der Waals surface area contributed by atoms with Crippen molar-refractivity contribution < 1.29 is 9.18 Å². The molecular weight excluding hydrogens is 315 g/mol. The first-order valence-electron chi connectivity index (χ1n) is 8.44. The van der Waals surface area contributed by atoms with Gasteiger partial charge in [0.1, 0.15) is 5.82 Å². The predicted molar refractivity (Wildman–Crippen MR) is 92.8 cm³/mol. The van der Waals surface area contributed by atoms with Gasteiger partial charge in [-0.15, -0.1) is 12.4 Å². The number of nitrogens with one attached hydrogen (secondary N) is 1. The highest BCUT2D eigenvalue weighted by atomic mass is 35.5. The van der Waals surface area contributed by atoms with Crippen molar-refractivity contribution in [2.45, 2.75) is 38.5 Å². The fourth-order valence-electron chi connectivity index (χ4n) is 3.68. The Morgan fingerprint density at radius 2 is 2.00 bits per heavy atom. The number of amides is 1. The summed E-state index contributed by atoms with van der Waals surface area (Å²) in [5.41, 5.74) is 1.26. The number of hydrogen-bond donors (Lipinski definition) is 1. The number of halogens is 2. The van der Waals surface area contributed by atoms with Gasteiger partial charge in [-0.2, -0.15) is 0 Å². The molecule has 23 heavy (non-hydrogen) atoms. The van der Waals surface area contributed by atoms with Crippen LogP contribution >= 0.6 is 12.4 Å². The van der Waals surface area contributed by atoms with Gasteiger partial charge in [0.05, 0.1) is 0 Å². The van der Waals surface area contributed by atoms with E-state index < -0.39 is 0 Å². The lowest BCUT2D eigenvalue weighted by atomic mass is 9.89. The second kappa shape index (κ2) is 8.11. The number of hydrogen-bond acceptors (Lipinski definition) is 2. The number of carbonyl (C=O) groups is 1. The van der Waals surface area contributed by atoms with Crippen LogP contribution in [0.2, 0.25) is 0 Å². The van der Waals surface area contributed by atoms with E-state index >= 15 is 0 Å². The largest absolute Gasteiger partial charge is 0.338 e. The molecule has 1 atom stereocenters. The quantitative estimate of drug-likeness (QED) is 0.892. The maximum absolute atomic E-state index is 14.4. The lowest BCUT2D eigenvalue weighted by Gasteiger charge is -2.31. The van der Waals surface area contributed by atoms with E-state index in [9.17, 15) is 9.18 Å². The van der Waals surface area contributed by atoms with Crippen molar-refractivity contribution in [3.05, 3.63) is 35.1 Å². The van der Waals surface area contributed by atoms with Crippen molar-refractivity contribution in [2.24, 2.45) is 5.92 Å². The Balaban J connectivity index is 0.00000192. The van der Waals surface area contributed by atoms with Crippen LogP contribution < -0.4 is 5.32 Å². The number of rotatable bonds is 2. The van der Waals surface area contributed by atoms with E-state index in [0.717, 1.165) is 51.0 Å². The molecule has 0 bridgehead atoms. The molecule has 5 heteroatoms. The topological polar surface area (TPSA) is 32.3 Å². The minimum atomic E-state index is -0.220. The van der Waals surface area contributed by atoms with Gasteiger partial charge in [-0.25, -0.2) is 4.39 Å². The third kappa shape index (κ3) is 4.24. The molecule has 2 aliphatic rings. The summed E-state index contributed by atoms with van der Waals surface area (Å²) >= 11 is 0. The van der Waals surface area contributed by atoms with Crippen molar-refractivity contribution in [2.75, 3.05) is 26.2 Å². The van der Waals surface area contributed by atoms with E-state index in [0.29, 0.717) is 11.5 Å². The van der Waals surface area contributed by atoms with Gasteiger partial charge >= 0.3 is 0 Å². The van der Waals surface area contributed by atoms with Crippen molar-refractivity contribution in [3.8, 4) is 0 Å². The summed E-state index contributed by atoms with van der Waals surface area (Å²) in [4.78, 5) is 14.4. The SMILES string of the molecule is CC1CCCN(C(=O)c2ccc(C3CCNCC3)c(F)c2)C1.Cl. The van der Waals surface area contributed by atoms with E-state index in [1.54, 1.807) is 0 Å². The monoisotopic (exact) mass is 340 g/mol. The molecular formula is C18H26ClFN2O. The third-order valence-electron chi connectivity index (χ3n) is 4.97. The third-order valence-corrected chi connectivity index (χ3v) is 4.97. The molecule has 2 aliphatic heterocycles. The molecule has 2 heterocycles. The lowest BCUT2D eigenvalue weighted by Crippen LogP contribution is -2.39. The summed E-state index contributed by atoms with van der Waals surface area (Å²) in [5.74, 6) is 0.571. The number of benzene rings is 1. The molecule has 1 amide bonds. The summed E-state index contributed by atoms with van der Waals surface area (Å²) in [6, 6.07) is 5.08. The van der Waals surface area contributed by atoms with Gasteiger partial charge in [0.25, 0.3) is 5.91 Å². The second-order valence-corrected chi connectivity index (χ2v) is 6.76. The molecule has 0 aromatic heterocycles. The first kappa shape index (κ1) is 18.2. The van der Waals surface area contributed by atoms with Gasteiger partial charge < -0.3 is 10.2 Å². The van der Waals surface area contributed by atoms with E-state index in [4.69, 9.17) is 0 Å². The number of piperidine rings is 2. The molecule has 1 N–H and O–H groups in total. The smallest absolute Gasteiger partial charge is 0.253 e. The van der Waals surface area contributed by atoms with Crippen molar-refractivity contribution in [1.82, 2.24) is 10.2 Å². The molecule has 3 rings (SSSR count). The predicted octanol–water partition coefficient (Wildman–Crippen LogP) is 3.59. The highest BCUT2D eigenvalue weighted by Gasteiger charge is 2.24. The number of nitrogens with zero attached hydrogens (tertiary/aromatic N) is 1. The lowest BCUT2D eigenvalue weighted by molar-refractivity contribution is 0.0682. The van der Waals surface area contributed by atoms with E-state index in [2.05, 4.69) is 12.2 Å². The Hall–Kier alpha value is -1.13. The average molecular weight is 341 g/mol. The summed E-state index contributed by atoms with van der Waals surface area (Å²) in [7, 11) is 0. The minimum Gasteiger partial charge on any atom is -0.338 e. The Kier molecular flexibility index (Phi) is 6.42. The van der Waals surface area contributed by atoms with E-state index in [-0.39, 0.29) is 30.0 Å². The van der Waals surface area contributed by atoms with Crippen molar-refractivity contribution in [3.63, 3.8) is 0 Å². The van der Waals surface area contributed by atoms with Crippen molar-refractivity contribution in [1.29, 1.82) is 0 Å². The Labute approximate surface area is 144 Å². The van der Waals surface area contributed by atoms with Gasteiger partial charge in [0, 0.05) is 18.7 Å². The van der Waals surface area contributed by atoms with Gasteiger partial charge in [-0.1, -0.05) is 13.0 Å². The second-order valence-electron chi connectivity index (χ2n) is 6.76. The zero-order valence-corrected chi connectivity index (χ0v) is 14.5. The van der Waals surface area contributed by atoms with Crippen LogP contribution in [-0.2, 0) is 0 Å². The number of likely N-dealkylation sites (tertiary alicyclic amines) is 1. The van der Waals surface area contributed by atoms with E-state index in [1.165, 1.54) is 12.5 Å². The normalized spacial score (nSPS) is 22.5. The maximum Gasteiger partial charge on any atom is 0.253 e. The Morgan fingerprint density at radius 3 is 2.65 bits per heavy atom. The summed E-state index contributed by atoms with van der Waals surface area (Å²) in [6.07, 6.45) is 4.15. The Morgan fingerprint density at radius 1 is 1.26 bits per heavy atom. The van der Waals surface area contributed by atoms with Gasteiger partial charge in [0.15, 0.2) is 0 Å². The molecule has 128 valence electrons. The van der Waals surface area contributed by atoms with Crippen LogP contribution in [0.1, 0.15) is 54.4 Å². The van der Waals surface area contributed by atoms with Crippen LogP contribution in [0.15, 0.2) is 18.2 Å². The maximum atomic E-state index is 14.4. The van der Waals surface area contributed by atoms with Crippen LogP contribution in [0.3, 0.4) is 0 Å². The molecule has 0 saturated carbocycles. The minimum absolute atomic E-state index is 0. The molecule has 3 nitrogen and oxygen atoms in total. The molecule has 0 aliphatic carbocycles. The standard InChI is InChI=1S/C18H25FN2O.ClH/c1-13-3-2-10-21(12-13)18(22)15-4-5-16(17(19)11-15)14-6-8-20-9-7-14;/h4-5,11,13-14,20H,2-3,6-10,12H2,1H3;1H. The van der Waals surface area contributed by atoms with Crippen LogP contribution in [0.25, 0.3) is 0 Å². The molecule has 1 aromatic carbocycles. The first-order chi connectivity index (χ1) is 10.6. The van der Waals surface area contributed by atoms with Gasteiger partial charge in [-0.3, -0.25) is 4.79 Å². The summed E-state index contributed by atoms with van der Waals surface area (Å²) in [5, 5.41) is 3.30. The van der Waals surface area contributed by atoms with Crippen molar-refractivity contribution >= 4 is 18.3 Å². The van der Waals surface area contributed by atoms with Crippen LogP contribution in [0.5, 0.6) is 0 Å². The van der Waals surface area contributed by atoms with Gasteiger partial charge in [-0.05, 0) is 68.3 Å². The zero-order valence-electron chi connectivity index (χ0n) is 13.7. The molecule has 2 saturated heterocycles. The molecule has 0 spiro atoms. The fraction of sp³-hybridized carbons (Fsp3) is 0.611. The fourth-order valence-corrected chi connectivity index (χ4v) is 3.68. The first-order valence-corrected chi connectivity index (χ1v) is 8.44. The summed E-state index contributed by atoms with van der Waals surface area (Å²) < 4.78 is 14.4. The zero-order chi connectivity index (χ0) is 15.5.